The van der Waals surface area contributed by atoms with Gasteiger partial charge in [0.2, 0.25) is 5.50 Å². The molecule has 0 bridgehead atoms. The second kappa shape index (κ2) is 6.18. The fourth-order valence-corrected chi connectivity index (χ4v) is 1.71. The third-order valence-corrected chi connectivity index (χ3v) is 3.06. The van der Waals surface area contributed by atoms with Gasteiger partial charge in [-0.1, -0.05) is 0 Å². The molecule has 4 N–H and O–H groups in total. The van der Waals surface area contributed by atoms with Crippen LogP contribution in [0.4, 0.5) is 13.2 Å². The van der Waals surface area contributed by atoms with E-state index in [1.807, 2.05) is 0 Å². The van der Waals surface area contributed by atoms with E-state index in [0.717, 1.165) is 12.5 Å². The maximum Gasteiger partial charge on any atom is 0.355 e. The van der Waals surface area contributed by atoms with E-state index >= 15 is 0 Å². The molecule has 112 valence electrons. The molecule has 0 radical (unpaired) electrons. The SMILES string of the molecule is CSC(F)C(F)(F)C(N)C(=O)On1cccc1C(N)=O. The lowest BCUT2D eigenvalue weighted by molar-refractivity contribution is -0.158. The van der Waals surface area contributed by atoms with Gasteiger partial charge in [-0.05, 0) is 18.4 Å². The van der Waals surface area contributed by atoms with Crippen LogP contribution in [0.5, 0.6) is 0 Å². The van der Waals surface area contributed by atoms with E-state index in [4.69, 9.17) is 11.5 Å². The zero-order chi connectivity index (χ0) is 15.5. The highest BCUT2D eigenvalue weighted by molar-refractivity contribution is 7.99. The summed E-state index contributed by atoms with van der Waals surface area (Å²) in [6.45, 7) is 0. The summed E-state index contributed by atoms with van der Waals surface area (Å²) in [6.07, 6.45) is 2.21. The first kappa shape index (κ1) is 16.4. The van der Waals surface area contributed by atoms with E-state index in [0.29, 0.717) is 4.73 Å². The van der Waals surface area contributed by atoms with Crippen LogP contribution in [0.1, 0.15) is 10.5 Å². The standard InChI is InChI=1S/C10H12F3N3O3S/c1-20-9(11)10(12,13)6(14)8(18)19-16-4-2-3-5(16)7(15)17/h2-4,6,9H,14H2,1H3,(H2,15,17). The summed E-state index contributed by atoms with van der Waals surface area (Å²) in [4.78, 5) is 26.9. The highest BCUT2D eigenvalue weighted by Gasteiger charge is 2.50. The van der Waals surface area contributed by atoms with Crippen molar-refractivity contribution in [2.24, 2.45) is 11.5 Å². The Hall–Kier alpha value is -1.68. The topological polar surface area (TPSA) is 100 Å². The monoisotopic (exact) mass is 311 g/mol. The summed E-state index contributed by atoms with van der Waals surface area (Å²) in [5.41, 5.74) is 7.08. The summed E-state index contributed by atoms with van der Waals surface area (Å²) in [5.74, 6) is -6.64. The minimum atomic E-state index is -4.11. The van der Waals surface area contributed by atoms with Gasteiger partial charge in [0.25, 0.3) is 5.91 Å². The molecule has 1 aromatic heterocycles. The largest absolute Gasteiger partial charge is 0.364 e. The zero-order valence-corrected chi connectivity index (χ0v) is 11.1. The number of primary amides is 1. The molecular formula is C10H12F3N3O3S. The molecule has 0 aliphatic rings. The van der Waals surface area contributed by atoms with Crippen LogP contribution >= 0.6 is 11.8 Å². The van der Waals surface area contributed by atoms with Crippen molar-refractivity contribution in [1.82, 2.24) is 4.73 Å². The average Bonchev–Trinajstić information content (AvgIpc) is 2.84. The zero-order valence-electron chi connectivity index (χ0n) is 10.3. The molecular weight excluding hydrogens is 299 g/mol. The number of aromatic nitrogens is 1. The molecule has 6 nitrogen and oxygen atoms in total. The van der Waals surface area contributed by atoms with Crippen LogP contribution in [0.2, 0.25) is 0 Å². The molecule has 0 fully saturated rings. The summed E-state index contributed by atoms with van der Waals surface area (Å²) < 4.78 is 40.5. The fourth-order valence-electron chi connectivity index (χ4n) is 1.25. The third kappa shape index (κ3) is 3.25. The van der Waals surface area contributed by atoms with Gasteiger partial charge in [0.05, 0.1) is 0 Å². The second-order valence-electron chi connectivity index (χ2n) is 3.70. The van der Waals surface area contributed by atoms with Crippen molar-refractivity contribution in [2.45, 2.75) is 17.5 Å². The van der Waals surface area contributed by atoms with Crippen molar-refractivity contribution in [3.63, 3.8) is 0 Å². The van der Waals surface area contributed by atoms with Gasteiger partial charge >= 0.3 is 11.9 Å². The van der Waals surface area contributed by atoms with Crippen LogP contribution in [0.3, 0.4) is 0 Å². The molecule has 1 rings (SSSR count). The Morgan fingerprint density at radius 2 is 2.10 bits per heavy atom. The number of hydrogen-bond acceptors (Lipinski definition) is 5. The highest BCUT2D eigenvalue weighted by Crippen LogP contribution is 2.31. The summed E-state index contributed by atoms with van der Waals surface area (Å²) in [7, 11) is 0. The number of thioether (sulfide) groups is 1. The number of halogens is 3. The molecule has 2 unspecified atom stereocenters. The molecule has 20 heavy (non-hydrogen) atoms. The van der Waals surface area contributed by atoms with E-state index in [9.17, 15) is 22.8 Å². The van der Waals surface area contributed by atoms with Gasteiger partial charge in [0, 0.05) is 6.20 Å². The molecule has 1 aromatic rings. The first-order chi connectivity index (χ1) is 9.21. The van der Waals surface area contributed by atoms with Crippen LogP contribution in [0, 0.1) is 0 Å². The van der Waals surface area contributed by atoms with Gasteiger partial charge in [-0.3, -0.25) is 4.79 Å². The van der Waals surface area contributed by atoms with Gasteiger partial charge in [-0.2, -0.15) is 13.5 Å². The van der Waals surface area contributed by atoms with Crippen molar-refractivity contribution < 1.29 is 27.6 Å². The van der Waals surface area contributed by atoms with Crippen LogP contribution < -0.4 is 16.3 Å². The third-order valence-electron chi connectivity index (χ3n) is 2.33. The van der Waals surface area contributed by atoms with E-state index in [-0.39, 0.29) is 17.5 Å². The molecule has 0 aromatic carbocycles. The molecule has 0 spiro atoms. The summed E-state index contributed by atoms with van der Waals surface area (Å²) in [6, 6.07) is -0.0104. The maximum absolute atomic E-state index is 13.4. The van der Waals surface area contributed by atoms with Crippen LogP contribution in [0.25, 0.3) is 0 Å². The molecule has 0 aliphatic carbocycles. The quantitative estimate of drug-likeness (QED) is 0.779. The number of rotatable bonds is 6. The molecule has 2 atom stereocenters. The smallest absolute Gasteiger partial charge is 0.355 e. The molecule has 0 saturated carbocycles. The number of nitrogens with two attached hydrogens (primary N) is 2. The lowest BCUT2D eigenvalue weighted by atomic mass is 10.2. The predicted molar refractivity (Wildman–Crippen MR) is 65.9 cm³/mol. The lowest BCUT2D eigenvalue weighted by Crippen LogP contribution is -2.54. The van der Waals surface area contributed by atoms with Crippen LogP contribution in [-0.4, -0.2) is 40.3 Å². The number of hydrogen-bond donors (Lipinski definition) is 2. The minimum Gasteiger partial charge on any atom is -0.364 e. The van der Waals surface area contributed by atoms with Gasteiger partial charge in [-0.15, -0.1) is 11.8 Å². The first-order valence-corrected chi connectivity index (χ1v) is 6.50. The number of alkyl halides is 3. The van der Waals surface area contributed by atoms with E-state index in [2.05, 4.69) is 4.84 Å². The Morgan fingerprint density at radius 1 is 1.50 bits per heavy atom. The van der Waals surface area contributed by atoms with Gasteiger partial charge in [0.15, 0.2) is 6.04 Å². The summed E-state index contributed by atoms with van der Waals surface area (Å²) >= 11 is 0.208. The second-order valence-corrected chi connectivity index (χ2v) is 4.58. The first-order valence-electron chi connectivity index (χ1n) is 5.21. The number of carbonyl (C=O) groups excluding carboxylic acids is 2. The molecule has 0 aliphatic heterocycles. The Morgan fingerprint density at radius 3 is 2.60 bits per heavy atom. The lowest BCUT2D eigenvalue weighted by Gasteiger charge is -2.24. The fraction of sp³-hybridized carbons (Fsp3) is 0.400. The molecule has 1 amide bonds. The number of amides is 1. The van der Waals surface area contributed by atoms with Gasteiger partial charge in [0.1, 0.15) is 5.69 Å². The number of nitrogens with zero attached hydrogens (tertiary/aromatic N) is 1. The van der Waals surface area contributed by atoms with Crippen molar-refractivity contribution in [2.75, 3.05) is 6.26 Å². The summed E-state index contributed by atoms with van der Waals surface area (Å²) in [5, 5.41) is 0. The highest BCUT2D eigenvalue weighted by atomic mass is 32.2. The predicted octanol–water partition coefficient (Wildman–Crippen LogP) is 0.163. The van der Waals surface area contributed by atoms with Crippen LogP contribution in [0.15, 0.2) is 18.3 Å². The number of carbonyl (C=O) groups is 2. The van der Waals surface area contributed by atoms with Crippen molar-refractivity contribution in [1.29, 1.82) is 0 Å². The van der Waals surface area contributed by atoms with Gasteiger partial charge < -0.3 is 16.3 Å². The Balaban J connectivity index is 2.86. The molecule has 10 heteroatoms. The van der Waals surface area contributed by atoms with E-state index in [1.54, 1.807) is 0 Å². The van der Waals surface area contributed by atoms with Gasteiger partial charge in [-0.25, -0.2) is 9.18 Å². The molecule has 0 saturated heterocycles. The molecule has 1 heterocycles. The minimum absolute atomic E-state index is 0.208. The normalized spacial score (nSPS) is 14.7. The van der Waals surface area contributed by atoms with Crippen molar-refractivity contribution >= 4 is 23.6 Å². The Bertz CT molecular complexity index is 509. The van der Waals surface area contributed by atoms with E-state index in [1.165, 1.54) is 12.1 Å². The Labute approximate surface area is 116 Å². The van der Waals surface area contributed by atoms with E-state index < -0.39 is 29.3 Å². The van der Waals surface area contributed by atoms with Crippen molar-refractivity contribution in [3.8, 4) is 0 Å². The Kier molecular flexibility index (Phi) is 5.06. The maximum atomic E-state index is 13.4. The van der Waals surface area contributed by atoms with Crippen molar-refractivity contribution in [3.05, 3.63) is 24.0 Å². The van der Waals surface area contributed by atoms with Crippen LogP contribution in [-0.2, 0) is 4.79 Å². The average molecular weight is 311 g/mol.